The Kier molecular flexibility index (Phi) is 11.0. The average molecular weight is 247 g/mol. The number of hydrogen-bond donors (Lipinski definition) is 0. The van der Waals surface area contributed by atoms with Crippen molar-refractivity contribution in [1.29, 1.82) is 0 Å². The second-order valence-corrected chi connectivity index (χ2v) is 3.73. The maximum Gasteiger partial charge on any atom is 0.286 e. The van der Waals surface area contributed by atoms with E-state index in [0.717, 1.165) is 0 Å². The molecule has 0 aliphatic heterocycles. The Hall–Kier alpha value is -0.850. The van der Waals surface area contributed by atoms with Crippen LogP contribution in [0, 0.1) is 4.91 Å². The summed E-state index contributed by atoms with van der Waals surface area (Å²) < 4.78 is 15.7. The van der Waals surface area contributed by atoms with Gasteiger partial charge in [-0.25, -0.2) is 0 Å². The van der Waals surface area contributed by atoms with Crippen LogP contribution in [-0.4, -0.2) is 45.0 Å². The summed E-state index contributed by atoms with van der Waals surface area (Å²) in [6, 6.07) is 0. The van der Waals surface area contributed by atoms with Gasteiger partial charge < -0.3 is 14.2 Å². The summed E-state index contributed by atoms with van der Waals surface area (Å²) in [5.41, 5.74) is 0. The van der Waals surface area contributed by atoms with Gasteiger partial charge in [0.2, 0.25) is 0 Å². The monoisotopic (exact) mass is 247 g/mol. The third-order valence-corrected chi connectivity index (χ3v) is 1.83. The lowest BCUT2D eigenvalue weighted by molar-refractivity contribution is -0.118. The van der Waals surface area contributed by atoms with E-state index in [2.05, 4.69) is 5.18 Å². The van der Waals surface area contributed by atoms with Gasteiger partial charge in [-0.3, -0.25) is 4.79 Å². The van der Waals surface area contributed by atoms with Crippen molar-refractivity contribution >= 4 is 5.91 Å². The topological polar surface area (TPSA) is 74.2 Å². The molecule has 6 nitrogen and oxygen atoms in total. The van der Waals surface area contributed by atoms with Crippen LogP contribution >= 0.6 is 0 Å². The molecule has 0 aromatic carbocycles. The van der Waals surface area contributed by atoms with Gasteiger partial charge in [-0.05, 0) is 20.3 Å². The van der Waals surface area contributed by atoms with Crippen molar-refractivity contribution in [2.45, 2.75) is 32.8 Å². The van der Waals surface area contributed by atoms with Gasteiger partial charge in [0.25, 0.3) is 5.91 Å². The molecule has 1 amide bonds. The molecule has 0 rings (SSSR count). The van der Waals surface area contributed by atoms with E-state index in [9.17, 15) is 9.70 Å². The highest BCUT2D eigenvalue weighted by atomic mass is 16.5. The maximum absolute atomic E-state index is 10.5. The van der Waals surface area contributed by atoms with E-state index in [0.29, 0.717) is 39.5 Å². The van der Waals surface area contributed by atoms with Crippen LogP contribution in [0.2, 0.25) is 0 Å². The van der Waals surface area contributed by atoms with Crippen LogP contribution in [-0.2, 0) is 19.0 Å². The number of carbonyl (C=O) groups is 1. The summed E-state index contributed by atoms with van der Waals surface area (Å²) in [7, 11) is 0. The lowest BCUT2D eigenvalue weighted by Crippen LogP contribution is -2.12. The number of rotatable bonds is 11. The van der Waals surface area contributed by atoms with Gasteiger partial charge in [0.15, 0.2) is 0 Å². The molecule has 0 aromatic rings. The van der Waals surface area contributed by atoms with Crippen LogP contribution in [0.1, 0.15) is 26.7 Å². The van der Waals surface area contributed by atoms with Gasteiger partial charge in [-0.1, -0.05) is 0 Å². The molecule has 0 radical (unpaired) electrons. The minimum atomic E-state index is -0.629. The summed E-state index contributed by atoms with van der Waals surface area (Å²) in [6.07, 6.45) is 0.881. The van der Waals surface area contributed by atoms with Gasteiger partial charge in [-0.2, -0.15) is 0 Å². The predicted octanol–water partition coefficient (Wildman–Crippen LogP) is 1.52. The largest absolute Gasteiger partial charge is 0.379 e. The zero-order chi connectivity index (χ0) is 12.9. The van der Waals surface area contributed by atoms with Crippen molar-refractivity contribution < 1.29 is 19.0 Å². The Labute approximate surface area is 102 Å². The molecule has 0 fully saturated rings. The van der Waals surface area contributed by atoms with Crippen LogP contribution in [0.4, 0.5) is 0 Å². The molecule has 100 valence electrons. The number of hydrogen-bond acceptors (Lipinski definition) is 5. The minimum Gasteiger partial charge on any atom is -0.379 e. The molecule has 0 aromatic heterocycles. The summed E-state index contributed by atoms with van der Waals surface area (Å²) >= 11 is 0. The van der Waals surface area contributed by atoms with Gasteiger partial charge in [0.1, 0.15) is 0 Å². The standard InChI is InChI=1S/C11H21NO5/c1-10(2)17-9-8-16-7-6-15-5-3-4-11(13)12-14/h10H,3-9H2,1-2H3. The molecular formula is C11H21NO5. The van der Waals surface area contributed by atoms with Gasteiger partial charge >= 0.3 is 0 Å². The lowest BCUT2D eigenvalue weighted by atomic mass is 10.3. The molecular weight excluding hydrogens is 226 g/mol. The van der Waals surface area contributed by atoms with Gasteiger partial charge in [-0.15, -0.1) is 4.91 Å². The minimum absolute atomic E-state index is 0.145. The fourth-order valence-corrected chi connectivity index (χ4v) is 1.04. The zero-order valence-electron chi connectivity index (χ0n) is 10.5. The highest BCUT2D eigenvalue weighted by Crippen LogP contribution is 1.93. The van der Waals surface area contributed by atoms with E-state index >= 15 is 0 Å². The Balaban J connectivity index is 3.03. The molecule has 0 atom stereocenters. The molecule has 0 N–H and O–H groups in total. The van der Waals surface area contributed by atoms with Crippen LogP contribution in [0.5, 0.6) is 0 Å². The molecule has 0 bridgehead atoms. The van der Waals surface area contributed by atoms with E-state index in [4.69, 9.17) is 14.2 Å². The Bertz CT molecular complexity index is 208. The zero-order valence-corrected chi connectivity index (χ0v) is 10.5. The first-order valence-electron chi connectivity index (χ1n) is 5.80. The third kappa shape index (κ3) is 13.1. The van der Waals surface area contributed by atoms with Crippen LogP contribution < -0.4 is 0 Å². The fraction of sp³-hybridized carbons (Fsp3) is 0.909. The fourth-order valence-electron chi connectivity index (χ4n) is 1.04. The van der Waals surface area contributed by atoms with Crippen molar-refractivity contribution in [3.05, 3.63) is 4.91 Å². The lowest BCUT2D eigenvalue weighted by Gasteiger charge is -2.08. The van der Waals surface area contributed by atoms with Crippen molar-refractivity contribution in [3.8, 4) is 0 Å². The Morgan fingerprint density at radius 1 is 1.06 bits per heavy atom. The third-order valence-electron chi connectivity index (χ3n) is 1.83. The first-order valence-corrected chi connectivity index (χ1v) is 5.80. The number of ether oxygens (including phenoxy) is 3. The summed E-state index contributed by atoms with van der Waals surface area (Å²) in [6.45, 7) is 6.49. The SMILES string of the molecule is CC(C)OCCOCCOCCCC(=O)N=O. The second kappa shape index (κ2) is 11.6. The van der Waals surface area contributed by atoms with Crippen LogP contribution in [0.3, 0.4) is 0 Å². The highest BCUT2D eigenvalue weighted by Gasteiger charge is 1.99. The summed E-state index contributed by atoms with van der Waals surface area (Å²) in [4.78, 5) is 20.2. The van der Waals surface area contributed by atoms with Crippen LogP contribution in [0.25, 0.3) is 0 Å². The van der Waals surface area contributed by atoms with Crippen molar-refractivity contribution in [2.75, 3.05) is 33.0 Å². The van der Waals surface area contributed by atoms with Crippen LogP contribution in [0.15, 0.2) is 5.18 Å². The Morgan fingerprint density at radius 2 is 1.65 bits per heavy atom. The summed E-state index contributed by atoms with van der Waals surface area (Å²) in [5, 5.41) is 2.29. The van der Waals surface area contributed by atoms with E-state index in [1.54, 1.807) is 0 Å². The van der Waals surface area contributed by atoms with E-state index < -0.39 is 5.91 Å². The molecule has 0 aliphatic rings. The first-order chi connectivity index (χ1) is 8.16. The molecule has 0 heterocycles. The number of amides is 1. The van der Waals surface area contributed by atoms with Crippen molar-refractivity contribution in [1.82, 2.24) is 0 Å². The smallest absolute Gasteiger partial charge is 0.286 e. The molecule has 0 spiro atoms. The molecule has 0 unspecified atom stereocenters. The van der Waals surface area contributed by atoms with E-state index in [-0.39, 0.29) is 12.5 Å². The number of carbonyl (C=O) groups excluding carboxylic acids is 1. The summed E-state index contributed by atoms with van der Waals surface area (Å²) in [5.74, 6) is -0.629. The molecule has 6 heteroatoms. The quantitative estimate of drug-likeness (QED) is 0.409. The molecule has 0 saturated heterocycles. The molecule has 0 saturated carbocycles. The Morgan fingerprint density at radius 3 is 2.24 bits per heavy atom. The van der Waals surface area contributed by atoms with E-state index in [1.165, 1.54) is 0 Å². The average Bonchev–Trinajstić information content (AvgIpc) is 2.30. The van der Waals surface area contributed by atoms with E-state index in [1.807, 2.05) is 13.8 Å². The second-order valence-electron chi connectivity index (χ2n) is 3.73. The van der Waals surface area contributed by atoms with Crippen molar-refractivity contribution in [2.24, 2.45) is 5.18 Å². The molecule has 17 heavy (non-hydrogen) atoms. The number of nitrogens with zero attached hydrogens (tertiary/aromatic N) is 1. The number of nitroso groups, excluding NO2 is 1. The molecule has 0 aliphatic carbocycles. The van der Waals surface area contributed by atoms with Gasteiger partial charge in [0.05, 0.1) is 32.5 Å². The predicted molar refractivity (Wildman–Crippen MR) is 62.8 cm³/mol. The maximum atomic E-state index is 10.5. The van der Waals surface area contributed by atoms with Crippen molar-refractivity contribution in [3.63, 3.8) is 0 Å². The normalized spacial score (nSPS) is 10.8. The van der Waals surface area contributed by atoms with Gasteiger partial charge in [0, 0.05) is 18.2 Å². The highest BCUT2D eigenvalue weighted by molar-refractivity contribution is 5.76. The first kappa shape index (κ1) is 16.1.